The van der Waals surface area contributed by atoms with E-state index < -0.39 is 22.5 Å². The van der Waals surface area contributed by atoms with Crippen LogP contribution in [0, 0.1) is 23.7 Å². The summed E-state index contributed by atoms with van der Waals surface area (Å²) in [6, 6.07) is 8.46. The zero-order chi connectivity index (χ0) is 20.6. The predicted octanol–water partition coefficient (Wildman–Crippen LogP) is 7.62. The first-order valence-corrected chi connectivity index (χ1v) is 13.0. The summed E-state index contributed by atoms with van der Waals surface area (Å²) in [5, 5.41) is 0. The topological polar surface area (TPSA) is 17.1 Å². The molecule has 29 heavy (non-hydrogen) atoms. The molecule has 2 fully saturated rings. The lowest BCUT2D eigenvalue weighted by molar-refractivity contribution is 0.0857. The minimum Gasteiger partial charge on any atom is -0.251 e. The van der Waals surface area contributed by atoms with Gasteiger partial charge in [-0.3, -0.25) is 4.21 Å². The van der Waals surface area contributed by atoms with Crippen LogP contribution in [0.5, 0.6) is 0 Å². The van der Waals surface area contributed by atoms with E-state index in [2.05, 4.69) is 6.92 Å². The molecule has 0 heterocycles. The highest BCUT2D eigenvalue weighted by Gasteiger charge is 2.38. The van der Waals surface area contributed by atoms with E-state index >= 15 is 0 Å². The highest BCUT2D eigenvalue weighted by Crippen LogP contribution is 2.44. The van der Waals surface area contributed by atoms with E-state index in [1.807, 2.05) is 0 Å². The van der Waals surface area contributed by atoms with Gasteiger partial charge in [0, 0.05) is 4.90 Å². The zero-order valence-corrected chi connectivity index (χ0v) is 18.7. The van der Waals surface area contributed by atoms with Crippen molar-refractivity contribution in [2.45, 2.75) is 101 Å². The van der Waals surface area contributed by atoms with Crippen molar-refractivity contribution in [1.29, 1.82) is 0 Å². The van der Waals surface area contributed by atoms with Gasteiger partial charge in [0.25, 0.3) is 0 Å². The first-order chi connectivity index (χ1) is 14.1. The van der Waals surface area contributed by atoms with Crippen LogP contribution < -0.4 is 0 Å². The van der Waals surface area contributed by atoms with Gasteiger partial charge >= 0.3 is 0 Å². The van der Waals surface area contributed by atoms with E-state index in [9.17, 15) is 13.0 Å². The molecule has 1 aromatic rings. The Bertz CT molecular complexity index is 607. The van der Waals surface area contributed by atoms with Crippen molar-refractivity contribution in [3.8, 4) is 0 Å². The first kappa shape index (κ1) is 22.9. The van der Waals surface area contributed by atoms with Gasteiger partial charge in [-0.1, -0.05) is 63.6 Å². The standard InChI is InChI=1S/C25H38F2OS/c1-2-3-5-8-19-11-13-20(14-12-19)21-15-17-22(18-16-21)24(26)25(27)29(28)23-9-6-4-7-10-23/h4,6-7,9-10,19-22,24-25H,2-3,5,8,11-18H2,1H3/t19?,20?,21?,22?,24-,25+,29?/m1/s1. The summed E-state index contributed by atoms with van der Waals surface area (Å²) in [7, 11) is -1.92. The number of unbranched alkanes of at least 4 members (excludes halogenated alkanes) is 2. The minimum absolute atomic E-state index is 0.278. The lowest BCUT2D eigenvalue weighted by atomic mass is 9.68. The summed E-state index contributed by atoms with van der Waals surface area (Å²) in [6.45, 7) is 2.26. The molecule has 0 bridgehead atoms. The molecule has 164 valence electrons. The van der Waals surface area contributed by atoms with E-state index in [1.54, 1.807) is 30.3 Å². The molecular formula is C25H38F2OS. The Morgan fingerprint density at radius 3 is 2.07 bits per heavy atom. The van der Waals surface area contributed by atoms with Crippen molar-refractivity contribution in [3.05, 3.63) is 30.3 Å². The summed E-state index contributed by atoms with van der Waals surface area (Å²) in [5.74, 6) is 2.12. The van der Waals surface area contributed by atoms with E-state index in [0.717, 1.165) is 37.5 Å². The molecule has 0 spiro atoms. The lowest BCUT2D eigenvalue weighted by Crippen LogP contribution is -2.34. The molecule has 1 unspecified atom stereocenters. The highest BCUT2D eigenvalue weighted by molar-refractivity contribution is 7.85. The molecule has 4 heteroatoms. The second-order valence-electron chi connectivity index (χ2n) is 9.36. The molecule has 3 rings (SSSR count). The lowest BCUT2D eigenvalue weighted by Gasteiger charge is -2.38. The SMILES string of the molecule is CCCCCC1CCC(C2CCC([C@@H](F)[C@@H](F)S(=O)c3ccccc3)CC2)CC1. The monoisotopic (exact) mass is 424 g/mol. The molecule has 1 aromatic carbocycles. The summed E-state index contributed by atoms with van der Waals surface area (Å²) in [4.78, 5) is 0.382. The van der Waals surface area contributed by atoms with Gasteiger partial charge < -0.3 is 0 Å². The van der Waals surface area contributed by atoms with Gasteiger partial charge in [-0.15, -0.1) is 0 Å². The number of rotatable bonds is 9. The molecule has 1 nitrogen and oxygen atoms in total. The van der Waals surface area contributed by atoms with Crippen LogP contribution in [0.3, 0.4) is 0 Å². The summed E-state index contributed by atoms with van der Waals surface area (Å²) < 4.78 is 41.8. The molecule has 2 aliphatic rings. The number of hydrogen-bond acceptors (Lipinski definition) is 1. The molecule has 2 aliphatic carbocycles. The molecule has 0 aliphatic heterocycles. The highest BCUT2D eigenvalue weighted by atomic mass is 32.2. The van der Waals surface area contributed by atoms with E-state index in [1.165, 1.54) is 51.4 Å². The smallest absolute Gasteiger partial charge is 0.210 e. The molecule has 0 N–H and O–H groups in total. The van der Waals surface area contributed by atoms with Gasteiger partial charge in [-0.05, 0) is 74.3 Å². The van der Waals surface area contributed by atoms with Crippen LogP contribution >= 0.6 is 0 Å². The summed E-state index contributed by atoms with van der Waals surface area (Å²) in [6.07, 6.45) is 12.7. The van der Waals surface area contributed by atoms with Gasteiger partial charge in [0.05, 0.1) is 10.8 Å². The third-order valence-corrected chi connectivity index (χ3v) is 8.88. The van der Waals surface area contributed by atoms with Crippen molar-refractivity contribution in [2.24, 2.45) is 23.7 Å². The van der Waals surface area contributed by atoms with Gasteiger partial charge in [-0.25, -0.2) is 8.78 Å². The van der Waals surface area contributed by atoms with Gasteiger partial charge in [0.1, 0.15) is 6.17 Å². The fourth-order valence-electron chi connectivity index (χ4n) is 5.58. The largest absolute Gasteiger partial charge is 0.251 e. The Kier molecular flexibility index (Phi) is 9.14. The molecule has 0 amide bonds. The third kappa shape index (κ3) is 6.35. The average molecular weight is 425 g/mol. The molecular weight excluding hydrogens is 386 g/mol. The molecule has 3 atom stereocenters. The van der Waals surface area contributed by atoms with Crippen molar-refractivity contribution < 1.29 is 13.0 Å². The van der Waals surface area contributed by atoms with Gasteiger partial charge in [-0.2, -0.15) is 0 Å². The van der Waals surface area contributed by atoms with Crippen molar-refractivity contribution >= 4 is 10.8 Å². The van der Waals surface area contributed by atoms with Crippen LogP contribution in [-0.2, 0) is 10.8 Å². The maximum absolute atomic E-state index is 14.8. The molecule has 2 saturated carbocycles. The van der Waals surface area contributed by atoms with Crippen LogP contribution in [0.2, 0.25) is 0 Å². The fourth-order valence-corrected chi connectivity index (χ4v) is 6.73. The Hall–Kier alpha value is -0.770. The van der Waals surface area contributed by atoms with E-state index in [0.29, 0.717) is 10.8 Å². The summed E-state index contributed by atoms with van der Waals surface area (Å²) in [5.41, 5.74) is -1.92. The maximum atomic E-state index is 14.8. The van der Waals surface area contributed by atoms with Crippen LogP contribution in [0.25, 0.3) is 0 Å². The second-order valence-corrected chi connectivity index (χ2v) is 10.9. The number of halogens is 2. The summed E-state index contributed by atoms with van der Waals surface area (Å²) >= 11 is 0. The Labute approximate surface area is 178 Å². The van der Waals surface area contributed by atoms with Crippen LogP contribution in [-0.4, -0.2) is 15.9 Å². The Balaban J connectivity index is 1.41. The third-order valence-electron chi connectivity index (χ3n) is 7.47. The maximum Gasteiger partial charge on any atom is 0.210 e. The van der Waals surface area contributed by atoms with Crippen molar-refractivity contribution in [1.82, 2.24) is 0 Å². The van der Waals surface area contributed by atoms with E-state index in [4.69, 9.17) is 0 Å². The number of alkyl halides is 2. The minimum atomic E-state index is -1.92. The fraction of sp³-hybridized carbons (Fsp3) is 0.760. The van der Waals surface area contributed by atoms with Crippen LogP contribution in [0.1, 0.15) is 84.0 Å². The molecule has 0 radical (unpaired) electrons. The quantitative estimate of drug-likeness (QED) is 0.373. The predicted molar refractivity (Wildman–Crippen MR) is 118 cm³/mol. The number of hydrogen-bond donors (Lipinski definition) is 0. The Morgan fingerprint density at radius 1 is 0.897 bits per heavy atom. The first-order valence-electron chi connectivity index (χ1n) is 11.8. The zero-order valence-electron chi connectivity index (χ0n) is 17.9. The molecule has 0 aromatic heterocycles. The van der Waals surface area contributed by atoms with Crippen molar-refractivity contribution in [3.63, 3.8) is 0 Å². The normalized spacial score (nSPS) is 31.1. The van der Waals surface area contributed by atoms with Crippen LogP contribution in [0.15, 0.2) is 35.2 Å². The van der Waals surface area contributed by atoms with Crippen molar-refractivity contribution in [2.75, 3.05) is 0 Å². The van der Waals surface area contributed by atoms with E-state index in [-0.39, 0.29) is 5.92 Å². The number of benzene rings is 1. The van der Waals surface area contributed by atoms with Gasteiger partial charge in [0.15, 0.2) is 0 Å². The van der Waals surface area contributed by atoms with Gasteiger partial charge in [0.2, 0.25) is 5.50 Å². The second kappa shape index (κ2) is 11.6. The van der Waals surface area contributed by atoms with Crippen LogP contribution in [0.4, 0.5) is 8.78 Å². The Morgan fingerprint density at radius 2 is 1.48 bits per heavy atom. The molecule has 0 saturated heterocycles. The average Bonchev–Trinajstić information content (AvgIpc) is 2.79.